The predicted molar refractivity (Wildman–Crippen MR) is 109 cm³/mol. The Hall–Kier alpha value is -1.92. The largest absolute Gasteiger partial charge is 0.378 e. The molecular formula is C17H32N6O5S. The summed E-state index contributed by atoms with van der Waals surface area (Å²) in [5.41, 5.74) is 0. The van der Waals surface area contributed by atoms with Crippen molar-refractivity contribution in [3.05, 3.63) is 0 Å². The zero-order valence-electron chi connectivity index (χ0n) is 17.4. The molecule has 166 valence electrons. The number of carbonyl (C=O) groups excluding carboxylic acids is 2. The summed E-state index contributed by atoms with van der Waals surface area (Å²) >= 11 is 0. The first kappa shape index (κ1) is 23.4. The van der Waals surface area contributed by atoms with Crippen LogP contribution in [0.25, 0.3) is 0 Å². The van der Waals surface area contributed by atoms with Crippen molar-refractivity contribution in [2.45, 2.75) is 26.9 Å². The van der Waals surface area contributed by atoms with Crippen molar-refractivity contribution in [2.75, 3.05) is 64.7 Å². The molecule has 0 aromatic rings. The molecule has 0 aromatic carbocycles. The molecule has 0 aliphatic carbocycles. The van der Waals surface area contributed by atoms with E-state index in [1.807, 2.05) is 25.7 Å². The summed E-state index contributed by atoms with van der Waals surface area (Å²) in [5, 5.41) is 5.66. The molecule has 0 atom stereocenters. The number of guanidine groups is 1. The van der Waals surface area contributed by atoms with E-state index in [1.54, 1.807) is 0 Å². The van der Waals surface area contributed by atoms with Crippen molar-refractivity contribution in [3.8, 4) is 0 Å². The van der Waals surface area contributed by atoms with E-state index in [0.717, 1.165) is 4.90 Å². The van der Waals surface area contributed by atoms with E-state index >= 15 is 0 Å². The molecule has 0 bridgehead atoms. The first-order valence-electron chi connectivity index (χ1n) is 9.95. The molecule has 11 nitrogen and oxygen atoms in total. The van der Waals surface area contributed by atoms with Crippen molar-refractivity contribution in [1.29, 1.82) is 0 Å². The molecule has 2 heterocycles. The van der Waals surface area contributed by atoms with E-state index in [2.05, 4.69) is 15.6 Å². The molecule has 0 spiro atoms. The van der Waals surface area contributed by atoms with E-state index < -0.39 is 16.1 Å². The molecule has 29 heavy (non-hydrogen) atoms. The number of ether oxygens (including phenoxy) is 1. The van der Waals surface area contributed by atoms with Gasteiger partial charge in [-0.2, -0.15) is 4.31 Å². The fourth-order valence-corrected chi connectivity index (χ4v) is 4.34. The maximum absolute atomic E-state index is 12.5. The number of imide groups is 1. The highest BCUT2D eigenvalue weighted by atomic mass is 32.2. The number of nitrogens with one attached hydrogen (secondary N) is 2. The number of carbonyl (C=O) groups is 2. The molecule has 3 amide bonds. The lowest BCUT2D eigenvalue weighted by atomic mass is 10.4. The van der Waals surface area contributed by atoms with Gasteiger partial charge in [-0.25, -0.2) is 13.2 Å². The summed E-state index contributed by atoms with van der Waals surface area (Å²) in [5.74, 6) is 0.376. The first-order chi connectivity index (χ1) is 13.7. The van der Waals surface area contributed by atoms with Gasteiger partial charge in [0.05, 0.1) is 38.1 Å². The number of rotatable bonds is 9. The van der Waals surface area contributed by atoms with Crippen LogP contribution in [-0.2, 0) is 19.6 Å². The van der Waals surface area contributed by atoms with Crippen LogP contribution in [0.15, 0.2) is 4.99 Å². The first-order valence-corrected chi connectivity index (χ1v) is 11.6. The Labute approximate surface area is 172 Å². The Morgan fingerprint density at radius 2 is 1.93 bits per heavy atom. The molecule has 2 aliphatic heterocycles. The summed E-state index contributed by atoms with van der Waals surface area (Å²) in [4.78, 5) is 30.8. The SMILES string of the molecule is CCNC(=NCCN1C(=O)CNC1=O)N1CCN(S(=O)(=O)CCOC(C)C)CC1. The van der Waals surface area contributed by atoms with Gasteiger partial charge in [-0.1, -0.05) is 0 Å². The summed E-state index contributed by atoms with van der Waals surface area (Å²) in [6.45, 7) is 8.85. The van der Waals surface area contributed by atoms with Gasteiger partial charge in [-0.05, 0) is 20.8 Å². The number of hydrogen-bond donors (Lipinski definition) is 2. The molecule has 2 rings (SSSR count). The molecule has 2 fully saturated rings. The number of sulfonamides is 1. The highest BCUT2D eigenvalue weighted by Gasteiger charge is 2.29. The van der Waals surface area contributed by atoms with E-state index in [-0.39, 0.29) is 44.0 Å². The predicted octanol–water partition coefficient (Wildman–Crippen LogP) is -1.12. The summed E-state index contributed by atoms with van der Waals surface area (Å²) in [7, 11) is -3.35. The van der Waals surface area contributed by atoms with Crippen molar-refractivity contribution >= 4 is 27.9 Å². The van der Waals surface area contributed by atoms with Crippen LogP contribution in [-0.4, -0.2) is 111 Å². The zero-order valence-corrected chi connectivity index (χ0v) is 18.2. The van der Waals surface area contributed by atoms with Gasteiger partial charge >= 0.3 is 6.03 Å². The third-order valence-electron chi connectivity index (χ3n) is 4.58. The van der Waals surface area contributed by atoms with Crippen LogP contribution in [0.1, 0.15) is 20.8 Å². The summed E-state index contributed by atoms with van der Waals surface area (Å²) in [6, 6.07) is -0.393. The van der Waals surface area contributed by atoms with Gasteiger partial charge in [0.1, 0.15) is 0 Å². The van der Waals surface area contributed by atoms with Crippen molar-refractivity contribution in [2.24, 2.45) is 4.99 Å². The monoisotopic (exact) mass is 432 g/mol. The average molecular weight is 433 g/mol. The topological polar surface area (TPSA) is 124 Å². The molecule has 0 aromatic heterocycles. The van der Waals surface area contributed by atoms with Crippen LogP contribution in [0, 0.1) is 0 Å². The third kappa shape index (κ3) is 6.82. The summed E-state index contributed by atoms with van der Waals surface area (Å²) in [6.07, 6.45) is 0.00265. The minimum atomic E-state index is -3.35. The second kappa shape index (κ2) is 10.7. The van der Waals surface area contributed by atoms with Crippen LogP contribution >= 0.6 is 0 Å². The maximum atomic E-state index is 12.5. The second-order valence-corrected chi connectivity index (χ2v) is 9.15. The van der Waals surface area contributed by atoms with E-state index in [0.29, 0.717) is 38.7 Å². The van der Waals surface area contributed by atoms with Crippen LogP contribution in [0.4, 0.5) is 4.79 Å². The number of amides is 3. The molecular weight excluding hydrogens is 400 g/mol. The van der Waals surface area contributed by atoms with Crippen molar-refractivity contribution in [1.82, 2.24) is 24.7 Å². The van der Waals surface area contributed by atoms with Gasteiger partial charge < -0.3 is 20.3 Å². The quantitative estimate of drug-likeness (QED) is 0.269. The molecule has 2 saturated heterocycles. The Bertz CT molecular complexity index is 687. The Morgan fingerprint density at radius 1 is 1.24 bits per heavy atom. The van der Waals surface area contributed by atoms with E-state index in [1.165, 1.54) is 4.31 Å². The van der Waals surface area contributed by atoms with Gasteiger partial charge in [-0.3, -0.25) is 14.7 Å². The molecule has 2 aliphatic rings. The minimum Gasteiger partial charge on any atom is -0.378 e. The number of hydrogen-bond acceptors (Lipinski definition) is 6. The Morgan fingerprint density at radius 3 is 2.48 bits per heavy atom. The minimum absolute atomic E-state index is 0.00265. The maximum Gasteiger partial charge on any atom is 0.324 e. The van der Waals surface area contributed by atoms with Gasteiger partial charge in [0.15, 0.2) is 5.96 Å². The lowest BCUT2D eigenvalue weighted by Crippen LogP contribution is -2.54. The van der Waals surface area contributed by atoms with Crippen LogP contribution in [0.3, 0.4) is 0 Å². The molecule has 0 unspecified atom stereocenters. The standard InChI is InChI=1S/C17H32N6O5S/c1-4-18-16(19-5-6-23-15(24)13-20-17(23)25)21-7-9-22(10-8-21)29(26,27)12-11-28-14(2)3/h14H,4-13H2,1-3H3,(H,18,19)(H,20,25). The zero-order chi connectivity index (χ0) is 21.4. The smallest absolute Gasteiger partial charge is 0.324 e. The van der Waals surface area contributed by atoms with Gasteiger partial charge in [0.2, 0.25) is 15.9 Å². The van der Waals surface area contributed by atoms with Crippen LogP contribution in [0.2, 0.25) is 0 Å². The molecule has 12 heteroatoms. The lowest BCUT2D eigenvalue weighted by molar-refractivity contribution is -0.124. The molecule has 0 radical (unpaired) electrons. The average Bonchev–Trinajstić information content (AvgIpc) is 2.99. The van der Waals surface area contributed by atoms with Gasteiger partial charge in [0, 0.05) is 32.7 Å². The molecule has 0 saturated carbocycles. The number of nitrogens with zero attached hydrogens (tertiary/aromatic N) is 4. The van der Waals surface area contributed by atoms with Gasteiger partial charge in [0.25, 0.3) is 0 Å². The Balaban J connectivity index is 1.86. The van der Waals surface area contributed by atoms with E-state index in [9.17, 15) is 18.0 Å². The summed E-state index contributed by atoms with van der Waals surface area (Å²) < 4.78 is 31.8. The Kier molecular flexibility index (Phi) is 8.65. The highest BCUT2D eigenvalue weighted by Crippen LogP contribution is 2.09. The van der Waals surface area contributed by atoms with E-state index in [4.69, 9.17) is 4.74 Å². The van der Waals surface area contributed by atoms with Crippen LogP contribution < -0.4 is 10.6 Å². The van der Waals surface area contributed by atoms with Gasteiger partial charge in [-0.15, -0.1) is 0 Å². The lowest BCUT2D eigenvalue weighted by Gasteiger charge is -2.36. The fraction of sp³-hybridized carbons (Fsp3) is 0.824. The number of urea groups is 1. The second-order valence-electron chi connectivity index (χ2n) is 7.06. The highest BCUT2D eigenvalue weighted by molar-refractivity contribution is 7.89. The molecule has 2 N–H and O–H groups in total. The van der Waals surface area contributed by atoms with Crippen molar-refractivity contribution in [3.63, 3.8) is 0 Å². The normalized spacial score (nSPS) is 19.2. The number of piperazine rings is 1. The van der Waals surface area contributed by atoms with Crippen molar-refractivity contribution < 1.29 is 22.7 Å². The van der Waals surface area contributed by atoms with Crippen LogP contribution in [0.5, 0.6) is 0 Å². The third-order valence-corrected chi connectivity index (χ3v) is 6.42. The fourth-order valence-electron chi connectivity index (χ4n) is 3.06. The number of aliphatic imine (C=N–C) groups is 1.